The van der Waals surface area contributed by atoms with E-state index in [1.54, 1.807) is 13.8 Å². The van der Waals surface area contributed by atoms with Crippen LogP contribution in [0.3, 0.4) is 0 Å². The molecule has 1 heterocycles. The van der Waals surface area contributed by atoms with E-state index in [0.29, 0.717) is 5.06 Å². The van der Waals surface area contributed by atoms with Crippen LogP contribution in [0.25, 0.3) is 0 Å². The van der Waals surface area contributed by atoms with E-state index >= 15 is 0 Å². The summed E-state index contributed by atoms with van der Waals surface area (Å²) in [6, 6.07) is 0. The number of hydrogen-bond donors (Lipinski definition) is 0. The average molecular weight is 287 g/mol. The van der Waals surface area contributed by atoms with Gasteiger partial charge < -0.3 is 9.47 Å². The van der Waals surface area contributed by atoms with Gasteiger partial charge in [-0.1, -0.05) is 18.9 Å². The lowest BCUT2D eigenvalue weighted by Gasteiger charge is -2.14. The molecule has 1 aliphatic heterocycles. The van der Waals surface area contributed by atoms with E-state index in [2.05, 4.69) is 4.84 Å². The molecule has 0 bridgehead atoms. The van der Waals surface area contributed by atoms with Gasteiger partial charge in [0, 0.05) is 25.2 Å². The van der Waals surface area contributed by atoms with Crippen molar-refractivity contribution >= 4 is 23.9 Å². The molecule has 8 nitrogen and oxygen atoms in total. The normalized spacial score (nSPS) is 16.0. The van der Waals surface area contributed by atoms with E-state index in [0.717, 1.165) is 0 Å². The van der Waals surface area contributed by atoms with E-state index < -0.39 is 18.0 Å². The summed E-state index contributed by atoms with van der Waals surface area (Å²) in [6.07, 6.45) is -0.818. The summed E-state index contributed by atoms with van der Waals surface area (Å²) in [7, 11) is 0. The number of esters is 1. The Bertz CT molecular complexity index is 391. The van der Waals surface area contributed by atoms with Crippen molar-refractivity contribution in [3.8, 4) is 0 Å². The standard InChI is InChI=1S/C12H17NO7/c1-3-11(16)18-6-8(2)7-19-12(17)20-13-9(14)4-5-10(13)15/h8H,3-7H2,1-2H3. The Labute approximate surface area is 115 Å². The van der Waals surface area contributed by atoms with Gasteiger partial charge in [-0.2, -0.15) is 0 Å². The molecule has 2 amide bonds. The molecule has 8 heteroatoms. The molecular formula is C12H17NO7. The minimum atomic E-state index is -1.14. The Morgan fingerprint density at radius 2 is 1.70 bits per heavy atom. The van der Waals surface area contributed by atoms with E-state index in [9.17, 15) is 19.2 Å². The maximum absolute atomic E-state index is 11.3. The lowest BCUT2D eigenvalue weighted by atomic mass is 10.2. The fourth-order valence-corrected chi connectivity index (χ4v) is 1.35. The number of carbonyl (C=O) groups is 4. The minimum Gasteiger partial charge on any atom is -0.465 e. The fraction of sp³-hybridized carbons (Fsp3) is 0.667. The van der Waals surface area contributed by atoms with Crippen molar-refractivity contribution in [1.29, 1.82) is 0 Å². The number of imide groups is 1. The number of carbonyl (C=O) groups excluding carboxylic acids is 4. The van der Waals surface area contributed by atoms with Gasteiger partial charge in [0.25, 0.3) is 11.8 Å². The third-order valence-corrected chi connectivity index (χ3v) is 2.47. The molecule has 1 fully saturated rings. The first-order valence-corrected chi connectivity index (χ1v) is 6.30. The third-order valence-electron chi connectivity index (χ3n) is 2.47. The molecular weight excluding hydrogens is 270 g/mol. The van der Waals surface area contributed by atoms with Gasteiger partial charge in [-0.15, -0.1) is 0 Å². The Balaban J connectivity index is 2.24. The Morgan fingerprint density at radius 3 is 2.25 bits per heavy atom. The molecule has 1 aliphatic rings. The minimum absolute atomic E-state index is 0.0233. The monoisotopic (exact) mass is 287 g/mol. The molecule has 0 N–H and O–H groups in total. The maximum atomic E-state index is 11.3. The molecule has 0 aromatic carbocycles. The SMILES string of the molecule is CCC(=O)OCC(C)COC(=O)ON1C(=O)CCC1=O. The van der Waals surface area contributed by atoms with Crippen molar-refractivity contribution in [2.45, 2.75) is 33.1 Å². The van der Waals surface area contributed by atoms with Gasteiger partial charge in [0.1, 0.15) is 6.61 Å². The average Bonchev–Trinajstić information content (AvgIpc) is 2.74. The summed E-state index contributed by atoms with van der Waals surface area (Å²) in [4.78, 5) is 49.1. The highest BCUT2D eigenvalue weighted by atomic mass is 16.8. The molecule has 0 aromatic heterocycles. The number of hydrogen-bond acceptors (Lipinski definition) is 7. The maximum Gasteiger partial charge on any atom is 0.533 e. The van der Waals surface area contributed by atoms with Crippen molar-refractivity contribution < 1.29 is 33.5 Å². The van der Waals surface area contributed by atoms with E-state index in [-0.39, 0.29) is 44.4 Å². The first-order valence-electron chi connectivity index (χ1n) is 6.30. The summed E-state index contributed by atoms with van der Waals surface area (Å²) in [5.74, 6) is -1.70. The highest BCUT2D eigenvalue weighted by Gasteiger charge is 2.33. The summed E-state index contributed by atoms with van der Waals surface area (Å²) < 4.78 is 9.59. The third kappa shape index (κ3) is 4.87. The number of ether oxygens (including phenoxy) is 2. The smallest absolute Gasteiger partial charge is 0.465 e. The second-order valence-electron chi connectivity index (χ2n) is 4.38. The molecule has 0 aromatic rings. The Kier molecular flexibility index (Phi) is 5.95. The quantitative estimate of drug-likeness (QED) is 0.526. The second-order valence-corrected chi connectivity index (χ2v) is 4.38. The Morgan fingerprint density at radius 1 is 1.15 bits per heavy atom. The predicted octanol–water partition coefficient (Wildman–Crippen LogP) is 0.793. The van der Waals surface area contributed by atoms with Crippen molar-refractivity contribution in [2.24, 2.45) is 5.92 Å². The van der Waals surface area contributed by atoms with Gasteiger partial charge in [0.05, 0.1) is 6.61 Å². The Hall–Kier alpha value is -2.12. The molecule has 0 radical (unpaired) electrons. The molecule has 1 unspecified atom stereocenters. The second kappa shape index (κ2) is 7.46. The van der Waals surface area contributed by atoms with E-state index in [1.165, 1.54) is 0 Å². The highest BCUT2D eigenvalue weighted by Crippen LogP contribution is 2.12. The van der Waals surface area contributed by atoms with Crippen LogP contribution >= 0.6 is 0 Å². The van der Waals surface area contributed by atoms with Crippen LogP contribution in [0.2, 0.25) is 0 Å². The first-order chi connectivity index (χ1) is 9.43. The summed E-state index contributed by atoms with van der Waals surface area (Å²) in [5.41, 5.74) is 0. The van der Waals surface area contributed by atoms with Crippen molar-refractivity contribution in [3.63, 3.8) is 0 Å². The van der Waals surface area contributed by atoms with E-state index in [1.807, 2.05) is 0 Å². The van der Waals surface area contributed by atoms with Gasteiger partial charge in [0.2, 0.25) is 0 Å². The molecule has 0 spiro atoms. The number of rotatable bonds is 6. The van der Waals surface area contributed by atoms with Gasteiger partial charge >= 0.3 is 12.1 Å². The lowest BCUT2D eigenvalue weighted by Crippen LogP contribution is -2.33. The summed E-state index contributed by atoms with van der Waals surface area (Å²) in [5, 5.41) is 0.407. The molecule has 20 heavy (non-hydrogen) atoms. The molecule has 112 valence electrons. The van der Waals surface area contributed by atoms with Crippen LogP contribution in [0.5, 0.6) is 0 Å². The zero-order chi connectivity index (χ0) is 15.1. The van der Waals surface area contributed by atoms with Crippen LogP contribution in [-0.2, 0) is 28.7 Å². The summed E-state index contributed by atoms with van der Waals surface area (Å²) in [6.45, 7) is 3.45. The van der Waals surface area contributed by atoms with Crippen molar-refractivity contribution in [1.82, 2.24) is 5.06 Å². The van der Waals surface area contributed by atoms with Gasteiger partial charge in [0.15, 0.2) is 0 Å². The van der Waals surface area contributed by atoms with Gasteiger partial charge in [-0.05, 0) is 0 Å². The highest BCUT2D eigenvalue weighted by molar-refractivity contribution is 6.01. The van der Waals surface area contributed by atoms with Crippen molar-refractivity contribution in [3.05, 3.63) is 0 Å². The van der Waals surface area contributed by atoms with Crippen LogP contribution in [0.1, 0.15) is 33.1 Å². The zero-order valence-electron chi connectivity index (χ0n) is 11.4. The van der Waals surface area contributed by atoms with Crippen LogP contribution in [0.15, 0.2) is 0 Å². The van der Waals surface area contributed by atoms with Crippen LogP contribution in [-0.4, -0.2) is 42.2 Å². The lowest BCUT2D eigenvalue weighted by molar-refractivity contribution is -0.177. The van der Waals surface area contributed by atoms with Gasteiger partial charge in [-0.3, -0.25) is 19.2 Å². The largest absolute Gasteiger partial charge is 0.533 e. The summed E-state index contributed by atoms with van der Waals surface area (Å²) >= 11 is 0. The molecule has 0 saturated carbocycles. The predicted molar refractivity (Wildman–Crippen MR) is 63.9 cm³/mol. The van der Waals surface area contributed by atoms with Crippen LogP contribution in [0, 0.1) is 5.92 Å². The molecule has 1 saturated heterocycles. The van der Waals surface area contributed by atoms with Crippen molar-refractivity contribution in [2.75, 3.05) is 13.2 Å². The number of hydroxylamine groups is 2. The zero-order valence-corrected chi connectivity index (χ0v) is 11.4. The van der Waals surface area contributed by atoms with Crippen LogP contribution in [0.4, 0.5) is 4.79 Å². The first kappa shape index (κ1) is 15.9. The van der Waals surface area contributed by atoms with Gasteiger partial charge in [-0.25, -0.2) is 4.79 Å². The van der Waals surface area contributed by atoms with E-state index in [4.69, 9.17) is 9.47 Å². The van der Waals surface area contributed by atoms with Crippen LogP contribution < -0.4 is 0 Å². The number of amides is 2. The molecule has 0 aliphatic carbocycles. The number of nitrogens with zero attached hydrogens (tertiary/aromatic N) is 1. The fourth-order valence-electron chi connectivity index (χ4n) is 1.35. The molecule has 1 rings (SSSR count). The topological polar surface area (TPSA) is 99.2 Å². The molecule has 1 atom stereocenters.